The van der Waals surface area contributed by atoms with Crippen LogP contribution in [0, 0.1) is 0 Å². The molecule has 2 N–H and O–H groups in total. The van der Waals surface area contributed by atoms with Gasteiger partial charge in [-0.25, -0.2) is 0 Å². The number of nitrogens with two attached hydrogens (primary N) is 1. The van der Waals surface area contributed by atoms with Crippen molar-refractivity contribution >= 4 is 5.69 Å². The standard InChI is InChI=1S/C9H10F3N.C3H8/c1-2-6-3-7(9(10,11)12)5-8(13)4-6;1-3-2/h3-5H,2,13H2,1H3;3H2,1-2H3. The zero-order valence-electron chi connectivity index (χ0n) is 9.86. The molecule has 0 atom stereocenters. The molecule has 1 aromatic carbocycles. The van der Waals surface area contributed by atoms with Gasteiger partial charge in [0.2, 0.25) is 0 Å². The van der Waals surface area contributed by atoms with Gasteiger partial charge in [0.25, 0.3) is 0 Å². The lowest BCUT2D eigenvalue weighted by molar-refractivity contribution is -0.137. The highest BCUT2D eigenvalue weighted by Crippen LogP contribution is 2.31. The van der Waals surface area contributed by atoms with Gasteiger partial charge in [-0.1, -0.05) is 27.2 Å². The second kappa shape index (κ2) is 6.40. The number of rotatable bonds is 1. The summed E-state index contributed by atoms with van der Waals surface area (Å²) in [5, 5.41) is 0. The molecule has 0 aromatic heterocycles. The van der Waals surface area contributed by atoms with Crippen LogP contribution >= 0.6 is 0 Å². The monoisotopic (exact) mass is 233 g/mol. The predicted molar refractivity (Wildman–Crippen MR) is 61.2 cm³/mol. The summed E-state index contributed by atoms with van der Waals surface area (Å²) in [6.07, 6.45) is -2.51. The molecule has 0 radical (unpaired) electrons. The van der Waals surface area contributed by atoms with Crippen molar-refractivity contribution in [2.24, 2.45) is 0 Å². The molecule has 0 saturated heterocycles. The third kappa shape index (κ3) is 5.05. The van der Waals surface area contributed by atoms with Crippen LogP contribution in [0.3, 0.4) is 0 Å². The zero-order chi connectivity index (χ0) is 12.8. The Labute approximate surface area is 94.5 Å². The summed E-state index contributed by atoms with van der Waals surface area (Å²) in [7, 11) is 0. The van der Waals surface area contributed by atoms with Crippen LogP contribution in [0.2, 0.25) is 0 Å². The second-order valence-electron chi connectivity index (χ2n) is 3.52. The van der Waals surface area contributed by atoms with Crippen molar-refractivity contribution in [3.05, 3.63) is 29.3 Å². The van der Waals surface area contributed by atoms with E-state index in [-0.39, 0.29) is 5.69 Å². The average Bonchev–Trinajstić information content (AvgIpc) is 2.16. The van der Waals surface area contributed by atoms with Gasteiger partial charge in [-0.05, 0) is 30.2 Å². The van der Waals surface area contributed by atoms with Gasteiger partial charge in [-0.15, -0.1) is 0 Å². The van der Waals surface area contributed by atoms with Crippen LogP contribution in [-0.4, -0.2) is 0 Å². The van der Waals surface area contributed by atoms with E-state index in [1.54, 1.807) is 13.0 Å². The molecule has 92 valence electrons. The largest absolute Gasteiger partial charge is 0.416 e. The Hall–Kier alpha value is -1.19. The van der Waals surface area contributed by atoms with Gasteiger partial charge in [0, 0.05) is 5.69 Å². The molecule has 0 fully saturated rings. The van der Waals surface area contributed by atoms with Crippen molar-refractivity contribution in [1.82, 2.24) is 0 Å². The van der Waals surface area contributed by atoms with E-state index in [0.29, 0.717) is 12.0 Å². The molecule has 0 spiro atoms. The summed E-state index contributed by atoms with van der Waals surface area (Å²) >= 11 is 0. The first kappa shape index (κ1) is 14.8. The van der Waals surface area contributed by atoms with Gasteiger partial charge < -0.3 is 5.73 Å². The average molecular weight is 233 g/mol. The van der Waals surface area contributed by atoms with E-state index in [1.807, 2.05) is 0 Å². The van der Waals surface area contributed by atoms with E-state index < -0.39 is 11.7 Å². The van der Waals surface area contributed by atoms with Crippen molar-refractivity contribution < 1.29 is 13.2 Å². The number of aryl methyl sites for hydroxylation is 1. The number of halogens is 3. The molecule has 0 amide bonds. The van der Waals surface area contributed by atoms with Crippen molar-refractivity contribution in [2.75, 3.05) is 5.73 Å². The first-order valence-electron chi connectivity index (χ1n) is 5.31. The van der Waals surface area contributed by atoms with Gasteiger partial charge in [0.15, 0.2) is 0 Å². The van der Waals surface area contributed by atoms with Crippen LogP contribution < -0.4 is 5.73 Å². The first-order chi connectivity index (χ1) is 7.35. The Morgan fingerprint density at radius 1 is 1.06 bits per heavy atom. The first-order valence-corrected chi connectivity index (χ1v) is 5.31. The molecular formula is C12H18F3N. The van der Waals surface area contributed by atoms with Crippen molar-refractivity contribution in [3.8, 4) is 0 Å². The number of benzene rings is 1. The fraction of sp³-hybridized carbons (Fsp3) is 0.500. The molecule has 16 heavy (non-hydrogen) atoms. The molecule has 4 heteroatoms. The Balaban J connectivity index is 0.000000673. The molecule has 1 aromatic rings. The third-order valence-corrected chi connectivity index (χ3v) is 1.75. The zero-order valence-corrected chi connectivity index (χ0v) is 9.86. The number of alkyl halides is 3. The van der Waals surface area contributed by atoms with Crippen molar-refractivity contribution in [2.45, 2.75) is 39.8 Å². The van der Waals surface area contributed by atoms with Gasteiger partial charge in [0.1, 0.15) is 0 Å². The van der Waals surface area contributed by atoms with Crippen LogP contribution in [0.5, 0.6) is 0 Å². The normalized spacial score (nSPS) is 10.6. The van der Waals surface area contributed by atoms with E-state index in [0.717, 1.165) is 12.1 Å². The number of nitrogen functional groups attached to an aromatic ring is 1. The fourth-order valence-corrected chi connectivity index (χ4v) is 1.09. The van der Waals surface area contributed by atoms with Crippen molar-refractivity contribution in [1.29, 1.82) is 0 Å². The van der Waals surface area contributed by atoms with Gasteiger partial charge in [0.05, 0.1) is 5.56 Å². The SMILES string of the molecule is CCC.CCc1cc(N)cc(C(F)(F)F)c1. The molecule has 0 bridgehead atoms. The summed E-state index contributed by atoms with van der Waals surface area (Å²) in [5.41, 5.74) is 5.42. The van der Waals surface area contributed by atoms with Crippen molar-refractivity contribution in [3.63, 3.8) is 0 Å². The Kier molecular flexibility index (Phi) is 5.93. The summed E-state index contributed by atoms with van der Waals surface area (Å²) in [5.74, 6) is 0. The van der Waals surface area contributed by atoms with E-state index in [2.05, 4.69) is 13.8 Å². The fourth-order valence-electron chi connectivity index (χ4n) is 1.09. The molecule has 0 unspecified atom stereocenters. The molecule has 0 aliphatic rings. The minimum Gasteiger partial charge on any atom is -0.399 e. The minimum absolute atomic E-state index is 0.159. The lowest BCUT2D eigenvalue weighted by Gasteiger charge is -2.09. The molecule has 0 heterocycles. The Morgan fingerprint density at radius 3 is 1.94 bits per heavy atom. The number of anilines is 1. The molecular weight excluding hydrogens is 215 g/mol. The van der Waals surface area contributed by atoms with Gasteiger partial charge in [-0.2, -0.15) is 13.2 Å². The van der Waals surface area contributed by atoms with E-state index >= 15 is 0 Å². The van der Waals surface area contributed by atoms with Gasteiger partial charge >= 0.3 is 6.18 Å². The Morgan fingerprint density at radius 2 is 1.56 bits per heavy atom. The highest BCUT2D eigenvalue weighted by atomic mass is 19.4. The summed E-state index contributed by atoms with van der Waals surface area (Å²) < 4.78 is 36.7. The summed E-state index contributed by atoms with van der Waals surface area (Å²) in [6, 6.07) is 3.62. The molecule has 0 saturated carbocycles. The maximum absolute atomic E-state index is 12.2. The second-order valence-corrected chi connectivity index (χ2v) is 3.52. The lowest BCUT2D eigenvalue weighted by atomic mass is 10.1. The quantitative estimate of drug-likeness (QED) is 0.720. The summed E-state index contributed by atoms with van der Waals surface area (Å²) in [6.45, 7) is 6.04. The van der Waals surface area contributed by atoms with E-state index in [9.17, 15) is 13.2 Å². The number of hydrogen-bond donors (Lipinski definition) is 1. The molecule has 0 aliphatic heterocycles. The predicted octanol–water partition coefficient (Wildman–Crippen LogP) is 4.27. The highest BCUT2D eigenvalue weighted by molar-refractivity contribution is 5.45. The molecule has 1 rings (SSSR count). The number of hydrogen-bond acceptors (Lipinski definition) is 1. The smallest absolute Gasteiger partial charge is 0.399 e. The third-order valence-electron chi connectivity index (χ3n) is 1.75. The van der Waals surface area contributed by atoms with Crippen LogP contribution in [-0.2, 0) is 12.6 Å². The lowest BCUT2D eigenvalue weighted by Crippen LogP contribution is -2.06. The van der Waals surface area contributed by atoms with Gasteiger partial charge in [-0.3, -0.25) is 0 Å². The Bertz CT molecular complexity index is 319. The molecule has 0 aliphatic carbocycles. The van der Waals surface area contributed by atoms with Crippen LogP contribution in [0.15, 0.2) is 18.2 Å². The van der Waals surface area contributed by atoms with E-state index in [4.69, 9.17) is 5.73 Å². The summed E-state index contributed by atoms with van der Waals surface area (Å²) in [4.78, 5) is 0. The molecule has 1 nitrogen and oxygen atoms in total. The van der Waals surface area contributed by atoms with Crippen LogP contribution in [0.1, 0.15) is 38.3 Å². The highest BCUT2D eigenvalue weighted by Gasteiger charge is 2.30. The topological polar surface area (TPSA) is 26.0 Å². The minimum atomic E-state index is -4.31. The maximum atomic E-state index is 12.2. The maximum Gasteiger partial charge on any atom is 0.416 e. The van der Waals surface area contributed by atoms with E-state index in [1.165, 1.54) is 6.42 Å². The van der Waals surface area contributed by atoms with Crippen LogP contribution in [0.25, 0.3) is 0 Å². The van der Waals surface area contributed by atoms with Crippen LogP contribution in [0.4, 0.5) is 18.9 Å².